The Morgan fingerprint density at radius 2 is 1.96 bits per heavy atom. The number of aromatic nitrogens is 2. The van der Waals surface area contributed by atoms with Gasteiger partial charge in [0.05, 0.1) is 28.7 Å². The van der Waals surface area contributed by atoms with Crippen LogP contribution in [0.15, 0.2) is 41.5 Å². The molecule has 0 spiro atoms. The summed E-state index contributed by atoms with van der Waals surface area (Å²) in [4.78, 5) is 43.2. The molecule has 28 heavy (non-hydrogen) atoms. The molecule has 0 saturated heterocycles. The molecule has 0 aliphatic heterocycles. The molecule has 3 aromatic rings. The Bertz CT molecular complexity index is 1120. The van der Waals surface area contributed by atoms with E-state index in [9.17, 15) is 19.7 Å². The van der Waals surface area contributed by atoms with Gasteiger partial charge in [0.1, 0.15) is 5.69 Å². The van der Waals surface area contributed by atoms with Crippen LogP contribution in [0.1, 0.15) is 11.1 Å². The lowest BCUT2D eigenvalue weighted by molar-refractivity contribution is -0.384. The number of hydrogen-bond acceptors (Lipinski definition) is 6. The molecule has 3 rings (SSSR count). The zero-order chi connectivity index (χ0) is 20.4. The SMILES string of the molecule is Cc1cccc(C)c1NC(=O)CN(C)c1cc2nc[nH]c(=O)c2cc1[N+](=O)[O-]. The van der Waals surface area contributed by atoms with Crippen LogP contribution >= 0.6 is 0 Å². The number of rotatable bonds is 5. The Balaban J connectivity index is 1.91. The lowest BCUT2D eigenvalue weighted by Gasteiger charge is -2.20. The third-order valence-corrected chi connectivity index (χ3v) is 4.47. The number of carbonyl (C=O) groups excluding carboxylic acids is 1. The fourth-order valence-corrected chi connectivity index (χ4v) is 3.04. The van der Waals surface area contributed by atoms with E-state index in [-0.39, 0.29) is 29.2 Å². The molecule has 2 N–H and O–H groups in total. The van der Waals surface area contributed by atoms with Crippen molar-refractivity contribution in [1.29, 1.82) is 0 Å². The predicted octanol–water partition coefficient (Wildman–Crippen LogP) is 2.52. The number of amides is 1. The smallest absolute Gasteiger partial charge is 0.293 e. The van der Waals surface area contributed by atoms with Gasteiger partial charge in [0, 0.05) is 18.8 Å². The van der Waals surface area contributed by atoms with Gasteiger partial charge < -0.3 is 15.2 Å². The largest absolute Gasteiger partial charge is 0.360 e. The number of H-pyrrole nitrogens is 1. The third-order valence-electron chi connectivity index (χ3n) is 4.47. The van der Waals surface area contributed by atoms with Crippen LogP contribution in [0.3, 0.4) is 0 Å². The van der Waals surface area contributed by atoms with Gasteiger partial charge >= 0.3 is 0 Å². The summed E-state index contributed by atoms with van der Waals surface area (Å²) in [6.45, 7) is 3.68. The van der Waals surface area contributed by atoms with Crippen LogP contribution in [0.25, 0.3) is 10.9 Å². The molecule has 9 heteroatoms. The Morgan fingerprint density at radius 3 is 2.61 bits per heavy atom. The van der Waals surface area contributed by atoms with Gasteiger partial charge in [-0.25, -0.2) is 4.98 Å². The van der Waals surface area contributed by atoms with Gasteiger partial charge in [-0.1, -0.05) is 18.2 Å². The highest BCUT2D eigenvalue weighted by molar-refractivity contribution is 5.96. The molecular formula is C19H19N5O4. The molecule has 0 aliphatic rings. The van der Waals surface area contributed by atoms with E-state index in [1.54, 1.807) is 7.05 Å². The minimum atomic E-state index is -0.582. The van der Waals surface area contributed by atoms with Crippen molar-refractivity contribution >= 4 is 33.9 Å². The average molecular weight is 381 g/mol. The van der Waals surface area contributed by atoms with Crippen LogP contribution in [-0.2, 0) is 4.79 Å². The number of fused-ring (bicyclic) bond motifs is 1. The first-order valence-corrected chi connectivity index (χ1v) is 8.51. The second-order valence-electron chi connectivity index (χ2n) is 6.52. The van der Waals surface area contributed by atoms with Crippen molar-refractivity contribution in [2.24, 2.45) is 0 Å². The first-order valence-electron chi connectivity index (χ1n) is 8.51. The standard InChI is InChI=1S/C19H19N5O4/c1-11-5-4-6-12(2)18(11)22-17(25)9-23(3)15-8-14-13(7-16(15)24(27)28)19(26)21-10-20-14/h4-8,10H,9H2,1-3H3,(H,22,25)(H,20,21,26). The molecule has 1 amide bonds. The van der Waals surface area contributed by atoms with E-state index >= 15 is 0 Å². The molecule has 0 unspecified atom stereocenters. The van der Waals surface area contributed by atoms with Gasteiger partial charge in [-0.2, -0.15) is 0 Å². The second-order valence-corrected chi connectivity index (χ2v) is 6.52. The normalized spacial score (nSPS) is 10.7. The first kappa shape index (κ1) is 19.0. The topological polar surface area (TPSA) is 121 Å². The molecule has 1 aromatic heterocycles. The van der Waals surface area contributed by atoms with Gasteiger partial charge in [-0.3, -0.25) is 19.7 Å². The Hall–Kier alpha value is -3.75. The van der Waals surface area contributed by atoms with E-state index in [1.165, 1.54) is 23.4 Å². The average Bonchev–Trinajstić information content (AvgIpc) is 2.64. The van der Waals surface area contributed by atoms with Gasteiger partial charge in [0.15, 0.2) is 0 Å². The van der Waals surface area contributed by atoms with E-state index in [4.69, 9.17) is 0 Å². The molecule has 0 bridgehead atoms. The Morgan fingerprint density at radius 1 is 1.29 bits per heavy atom. The number of nitro groups is 1. The molecule has 0 atom stereocenters. The van der Waals surface area contributed by atoms with Crippen molar-refractivity contribution in [3.8, 4) is 0 Å². The van der Waals surface area contributed by atoms with Crippen molar-refractivity contribution in [2.75, 3.05) is 23.8 Å². The number of nitrogens with zero attached hydrogens (tertiary/aromatic N) is 3. The maximum absolute atomic E-state index is 12.5. The summed E-state index contributed by atoms with van der Waals surface area (Å²) in [5.74, 6) is -0.312. The molecule has 1 heterocycles. The summed E-state index contributed by atoms with van der Waals surface area (Å²) >= 11 is 0. The van der Waals surface area contributed by atoms with Crippen LogP contribution in [0.5, 0.6) is 0 Å². The highest BCUT2D eigenvalue weighted by Gasteiger charge is 2.22. The molecule has 144 valence electrons. The van der Waals surface area contributed by atoms with Crippen LogP contribution in [0, 0.1) is 24.0 Å². The molecular weight excluding hydrogens is 362 g/mol. The van der Waals surface area contributed by atoms with Crippen molar-refractivity contribution in [2.45, 2.75) is 13.8 Å². The Labute approximate surface area is 160 Å². The molecule has 0 aliphatic carbocycles. The number of carbonyl (C=O) groups is 1. The fraction of sp³-hybridized carbons (Fsp3) is 0.211. The number of para-hydroxylation sites is 1. The lowest BCUT2D eigenvalue weighted by atomic mass is 10.1. The van der Waals surface area contributed by atoms with Gasteiger partial charge in [0.25, 0.3) is 11.2 Å². The van der Waals surface area contributed by atoms with Crippen LogP contribution in [0.2, 0.25) is 0 Å². The zero-order valence-corrected chi connectivity index (χ0v) is 15.6. The molecule has 0 radical (unpaired) electrons. The van der Waals surface area contributed by atoms with Crippen molar-refractivity contribution < 1.29 is 9.72 Å². The zero-order valence-electron chi connectivity index (χ0n) is 15.6. The maximum Gasteiger partial charge on any atom is 0.293 e. The predicted molar refractivity (Wildman–Crippen MR) is 107 cm³/mol. The third kappa shape index (κ3) is 3.68. The van der Waals surface area contributed by atoms with Crippen molar-refractivity contribution in [3.63, 3.8) is 0 Å². The first-order chi connectivity index (χ1) is 13.3. The number of benzene rings is 2. The summed E-state index contributed by atoms with van der Waals surface area (Å²) in [5, 5.41) is 14.5. The summed E-state index contributed by atoms with van der Waals surface area (Å²) in [6, 6.07) is 8.30. The number of aromatic amines is 1. The molecule has 0 fully saturated rings. The van der Waals surface area contributed by atoms with Crippen LogP contribution in [-0.4, -0.2) is 34.4 Å². The summed E-state index contributed by atoms with van der Waals surface area (Å²) in [5.41, 5.74) is 2.36. The van der Waals surface area contributed by atoms with E-state index in [0.29, 0.717) is 5.52 Å². The van der Waals surface area contributed by atoms with Gasteiger partial charge in [-0.05, 0) is 31.0 Å². The number of nitro benzene ring substituents is 1. The number of nitrogens with one attached hydrogen (secondary N) is 2. The van der Waals surface area contributed by atoms with E-state index in [2.05, 4.69) is 15.3 Å². The van der Waals surface area contributed by atoms with Crippen molar-refractivity contribution in [3.05, 3.63) is 68.3 Å². The monoisotopic (exact) mass is 381 g/mol. The number of likely N-dealkylation sites (N-methyl/N-ethyl adjacent to an activating group) is 1. The molecule has 9 nitrogen and oxygen atoms in total. The summed E-state index contributed by atoms with van der Waals surface area (Å²) in [6.07, 6.45) is 1.23. The molecule has 2 aromatic carbocycles. The lowest BCUT2D eigenvalue weighted by Crippen LogP contribution is -2.31. The highest BCUT2D eigenvalue weighted by Crippen LogP contribution is 2.30. The van der Waals surface area contributed by atoms with E-state index in [0.717, 1.165) is 16.8 Å². The quantitative estimate of drug-likeness (QED) is 0.517. The minimum Gasteiger partial charge on any atom is -0.360 e. The van der Waals surface area contributed by atoms with Crippen molar-refractivity contribution in [1.82, 2.24) is 9.97 Å². The van der Waals surface area contributed by atoms with E-state index in [1.807, 2.05) is 32.0 Å². The van der Waals surface area contributed by atoms with E-state index < -0.39 is 10.5 Å². The number of hydrogen-bond donors (Lipinski definition) is 2. The number of aryl methyl sites for hydroxylation is 2. The van der Waals surface area contributed by atoms with Crippen LogP contribution < -0.4 is 15.8 Å². The second kappa shape index (κ2) is 7.47. The summed E-state index contributed by atoms with van der Waals surface area (Å²) < 4.78 is 0. The van der Waals surface area contributed by atoms with Gasteiger partial charge in [0.2, 0.25) is 5.91 Å². The Kier molecular flexibility index (Phi) is 5.08. The maximum atomic E-state index is 12.5. The number of anilines is 2. The van der Waals surface area contributed by atoms with Crippen LogP contribution in [0.4, 0.5) is 17.1 Å². The highest BCUT2D eigenvalue weighted by atomic mass is 16.6. The van der Waals surface area contributed by atoms with Gasteiger partial charge in [-0.15, -0.1) is 0 Å². The summed E-state index contributed by atoms with van der Waals surface area (Å²) in [7, 11) is 1.58. The minimum absolute atomic E-state index is 0.108. The molecule has 0 saturated carbocycles. The fourth-order valence-electron chi connectivity index (χ4n) is 3.04.